The molecule has 3 rings (SSSR count). The van der Waals surface area contributed by atoms with E-state index in [1.807, 2.05) is 36.5 Å². The quantitative estimate of drug-likeness (QED) is 0.651. The molecule has 0 atom stereocenters. The summed E-state index contributed by atoms with van der Waals surface area (Å²) in [5.74, 6) is -0.431. The van der Waals surface area contributed by atoms with Crippen molar-refractivity contribution in [2.24, 2.45) is 0 Å². The molecule has 0 saturated carbocycles. The van der Waals surface area contributed by atoms with Crippen molar-refractivity contribution in [3.05, 3.63) is 64.4 Å². The van der Waals surface area contributed by atoms with Crippen LogP contribution in [0.5, 0.6) is 0 Å². The Kier molecular flexibility index (Phi) is 4.80. The number of methoxy groups -OCH3 is 1. The van der Waals surface area contributed by atoms with Crippen molar-refractivity contribution in [2.45, 2.75) is 13.2 Å². The lowest BCUT2D eigenvalue weighted by Crippen LogP contribution is -2.06. The molecule has 3 aromatic rings. The van der Waals surface area contributed by atoms with Gasteiger partial charge in [0.1, 0.15) is 11.6 Å². The SMILES string of the molecule is COCc1nc(C(=O)OCc2ccc(-n3cccn3)cc2)cs1. The molecule has 0 N–H and O–H groups in total. The van der Waals surface area contributed by atoms with Gasteiger partial charge in [0.25, 0.3) is 0 Å². The lowest BCUT2D eigenvalue weighted by atomic mass is 10.2. The van der Waals surface area contributed by atoms with Crippen molar-refractivity contribution < 1.29 is 14.3 Å². The first-order valence-corrected chi connectivity index (χ1v) is 7.83. The lowest BCUT2D eigenvalue weighted by Gasteiger charge is -2.05. The van der Waals surface area contributed by atoms with Crippen molar-refractivity contribution in [1.82, 2.24) is 14.8 Å². The van der Waals surface area contributed by atoms with E-state index in [1.165, 1.54) is 11.3 Å². The number of hydrogen-bond acceptors (Lipinski definition) is 6. The molecule has 2 aromatic heterocycles. The Morgan fingerprint density at radius 2 is 2.09 bits per heavy atom. The van der Waals surface area contributed by atoms with Gasteiger partial charge in [-0.25, -0.2) is 14.5 Å². The second-order valence-corrected chi connectivity index (χ2v) is 5.70. The maximum atomic E-state index is 12.0. The van der Waals surface area contributed by atoms with E-state index in [0.717, 1.165) is 16.3 Å². The molecule has 0 saturated heterocycles. The molecule has 118 valence electrons. The Bertz CT molecular complexity index is 766. The summed E-state index contributed by atoms with van der Waals surface area (Å²) in [6, 6.07) is 9.52. The molecule has 23 heavy (non-hydrogen) atoms. The van der Waals surface area contributed by atoms with Gasteiger partial charge in [-0.2, -0.15) is 5.10 Å². The number of carbonyl (C=O) groups is 1. The molecular formula is C16H15N3O3S. The Morgan fingerprint density at radius 1 is 1.26 bits per heavy atom. The van der Waals surface area contributed by atoms with Crippen LogP contribution in [0.25, 0.3) is 5.69 Å². The average Bonchev–Trinajstić information content (AvgIpc) is 3.25. The molecule has 2 heterocycles. The lowest BCUT2D eigenvalue weighted by molar-refractivity contribution is 0.0466. The number of carbonyl (C=O) groups excluding carboxylic acids is 1. The van der Waals surface area contributed by atoms with Crippen LogP contribution in [0.1, 0.15) is 21.1 Å². The van der Waals surface area contributed by atoms with Gasteiger partial charge in [-0.15, -0.1) is 11.3 Å². The van der Waals surface area contributed by atoms with Crippen molar-refractivity contribution >= 4 is 17.3 Å². The van der Waals surface area contributed by atoms with Gasteiger partial charge in [-0.1, -0.05) is 12.1 Å². The van der Waals surface area contributed by atoms with Gasteiger partial charge in [0, 0.05) is 24.9 Å². The normalized spacial score (nSPS) is 10.7. The molecule has 0 spiro atoms. The van der Waals surface area contributed by atoms with Crippen molar-refractivity contribution in [1.29, 1.82) is 0 Å². The van der Waals surface area contributed by atoms with E-state index in [9.17, 15) is 4.79 Å². The van der Waals surface area contributed by atoms with Crippen LogP contribution >= 0.6 is 11.3 Å². The van der Waals surface area contributed by atoms with Gasteiger partial charge in [0.05, 0.1) is 12.3 Å². The molecule has 6 nitrogen and oxygen atoms in total. The molecular weight excluding hydrogens is 314 g/mol. The zero-order chi connectivity index (χ0) is 16.1. The van der Waals surface area contributed by atoms with Gasteiger partial charge in [-0.3, -0.25) is 0 Å². The average molecular weight is 329 g/mol. The van der Waals surface area contributed by atoms with E-state index < -0.39 is 5.97 Å². The second-order valence-electron chi connectivity index (χ2n) is 4.75. The molecule has 0 aliphatic carbocycles. The maximum Gasteiger partial charge on any atom is 0.358 e. The first-order chi connectivity index (χ1) is 11.3. The maximum absolute atomic E-state index is 12.0. The van der Waals surface area contributed by atoms with Crippen LogP contribution in [0.15, 0.2) is 48.1 Å². The van der Waals surface area contributed by atoms with Gasteiger partial charge in [0.2, 0.25) is 0 Å². The van der Waals surface area contributed by atoms with Crippen LogP contribution in [-0.4, -0.2) is 27.8 Å². The molecule has 0 fully saturated rings. The zero-order valence-electron chi connectivity index (χ0n) is 12.5. The molecule has 0 radical (unpaired) electrons. The highest BCUT2D eigenvalue weighted by Gasteiger charge is 2.12. The molecule has 0 bridgehead atoms. The standard InChI is InChI=1S/C16H15N3O3S/c1-21-10-15-18-14(11-23-15)16(20)22-9-12-3-5-13(6-4-12)19-8-2-7-17-19/h2-8,11H,9-10H2,1H3. The number of hydrogen-bond donors (Lipinski definition) is 0. The Hall–Kier alpha value is -2.51. The molecule has 0 aliphatic rings. The first-order valence-electron chi connectivity index (χ1n) is 6.95. The van der Waals surface area contributed by atoms with Crippen LogP contribution in [0.4, 0.5) is 0 Å². The largest absolute Gasteiger partial charge is 0.456 e. The van der Waals surface area contributed by atoms with Crippen LogP contribution in [-0.2, 0) is 22.7 Å². The van der Waals surface area contributed by atoms with Gasteiger partial charge < -0.3 is 9.47 Å². The molecule has 7 heteroatoms. The van der Waals surface area contributed by atoms with Gasteiger partial charge >= 0.3 is 5.97 Å². The zero-order valence-corrected chi connectivity index (χ0v) is 13.3. The van der Waals surface area contributed by atoms with Gasteiger partial charge in [-0.05, 0) is 23.8 Å². The van der Waals surface area contributed by atoms with E-state index in [-0.39, 0.29) is 6.61 Å². The summed E-state index contributed by atoms with van der Waals surface area (Å²) in [6.07, 6.45) is 3.59. The highest BCUT2D eigenvalue weighted by molar-refractivity contribution is 7.09. The minimum absolute atomic E-state index is 0.204. The van der Waals surface area contributed by atoms with E-state index in [1.54, 1.807) is 23.4 Å². The fourth-order valence-electron chi connectivity index (χ4n) is 1.98. The highest BCUT2D eigenvalue weighted by Crippen LogP contribution is 2.13. The summed E-state index contributed by atoms with van der Waals surface area (Å²) in [5, 5.41) is 6.59. The number of benzene rings is 1. The summed E-state index contributed by atoms with van der Waals surface area (Å²) < 4.78 is 12.0. The Labute approximate surface area is 137 Å². The predicted molar refractivity (Wildman–Crippen MR) is 85.5 cm³/mol. The van der Waals surface area contributed by atoms with Crippen molar-refractivity contribution in [3.63, 3.8) is 0 Å². The van der Waals surface area contributed by atoms with Crippen LogP contribution in [0.3, 0.4) is 0 Å². The van der Waals surface area contributed by atoms with Crippen LogP contribution in [0.2, 0.25) is 0 Å². The third-order valence-electron chi connectivity index (χ3n) is 3.10. The first kappa shape index (κ1) is 15.4. The monoisotopic (exact) mass is 329 g/mol. The minimum atomic E-state index is -0.431. The Morgan fingerprint density at radius 3 is 2.78 bits per heavy atom. The molecule has 0 amide bonds. The Balaban J connectivity index is 1.58. The van der Waals surface area contributed by atoms with Crippen molar-refractivity contribution in [3.8, 4) is 5.69 Å². The molecule has 1 aromatic carbocycles. The third kappa shape index (κ3) is 3.82. The molecule has 0 aliphatic heterocycles. The summed E-state index contributed by atoms with van der Waals surface area (Å²) in [6.45, 7) is 0.599. The summed E-state index contributed by atoms with van der Waals surface area (Å²) >= 11 is 1.38. The summed E-state index contributed by atoms with van der Waals surface area (Å²) in [4.78, 5) is 16.1. The smallest absolute Gasteiger partial charge is 0.358 e. The van der Waals surface area contributed by atoms with Gasteiger partial charge in [0.15, 0.2) is 5.69 Å². The number of aromatic nitrogens is 3. The van der Waals surface area contributed by atoms with E-state index >= 15 is 0 Å². The number of ether oxygens (including phenoxy) is 2. The van der Waals surface area contributed by atoms with E-state index in [2.05, 4.69) is 10.1 Å². The third-order valence-corrected chi connectivity index (χ3v) is 3.93. The molecule has 0 unspecified atom stereocenters. The number of nitrogens with zero attached hydrogens (tertiary/aromatic N) is 3. The number of rotatable bonds is 6. The second kappa shape index (κ2) is 7.17. The summed E-state index contributed by atoms with van der Waals surface area (Å²) in [5.41, 5.74) is 2.17. The fourth-order valence-corrected chi connectivity index (χ4v) is 2.72. The fraction of sp³-hybridized carbons (Fsp3) is 0.188. The van der Waals surface area contributed by atoms with Crippen molar-refractivity contribution in [2.75, 3.05) is 7.11 Å². The number of thiazole rings is 1. The van der Waals surface area contributed by atoms with E-state index in [0.29, 0.717) is 12.3 Å². The number of esters is 1. The predicted octanol–water partition coefficient (Wildman–Crippen LogP) is 2.83. The summed E-state index contributed by atoms with van der Waals surface area (Å²) in [7, 11) is 1.59. The van der Waals surface area contributed by atoms with E-state index in [4.69, 9.17) is 9.47 Å². The minimum Gasteiger partial charge on any atom is -0.456 e. The van der Waals surface area contributed by atoms with Crippen LogP contribution in [0, 0.1) is 0 Å². The highest BCUT2D eigenvalue weighted by atomic mass is 32.1. The topological polar surface area (TPSA) is 66.2 Å². The van der Waals surface area contributed by atoms with Crippen LogP contribution < -0.4 is 0 Å².